The average molecular weight is 1220 g/mol. The molecule has 3 heterocycles. The highest BCUT2D eigenvalue weighted by Gasteiger charge is 2.27. The lowest BCUT2D eigenvalue weighted by atomic mass is 10.1. The first-order chi connectivity index (χ1) is 37.9. The monoisotopic (exact) mass is 1220 g/mol. The van der Waals surface area contributed by atoms with E-state index in [9.17, 15) is 46.7 Å². The van der Waals surface area contributed by atoms with Crippen LogP contribution in [0.1, 0.15) is 24.0 Å². The van der Waals surface area contributed by atoms with E-state index in [4.69, 9.17) is 31.2 Å². The zero-order valence-electron chi connectivity index (χ0n) is 40.0. The van der Waals surface area contributed by atoms with Gasteiger partial charge in [-0.25, -0.2) is 25.7 Å². The topological polar surface area (TPSA) is 406 Å². The number of hydrogen-bond donors (Lipinski definition) is 7. The van der Waals surface area contributed by atoms with Crippen molar-refractivity contribution in [2.24, 2.45) is 30.7 Å². The minimum Gasteiger partial charge on any atom is -0.505 e. The van der Waals surface area contributed by atoms with Crippen LogP contribution in [-0.4, -0.2) is 98.0 Å². The fraction of sp³-hybridized carbons (Fsp3) is 0.186. The summed E-state index contributed by atoms with van der Waals surface area (Å²) in [4.78, 5) is 9.73. The van der Waals surface area contributed by atoms with Crippen molar-refractivity contribution in [2.75, 3.05) is 36.6 Å². The lowest BCUT2D eigenvalue weighted by Crippen LogP contribution is -2.27. The maximum absolute atomic E-state index is 13.3. The number of methoxy groups -OCH3 is 1. The molecule has 3 aromatic heterocycles. The first-order valence-corrected chi connectivity index (χ1v) is 28.5. The molecular formula is C43H36ClN11O18S6. The number of phenols is 1. The minimum absolute atomic E-state index is 0.0254. The summed E-state index contributed by atoms with van der Waals surface area (Å²) in [5, 5.41) is 96.6. The van der Waals surface area contributed by atoms with E-state index < -0.39 is 59.3 Å². The summed E-state index contributed by atoms with van der Waals surface area (Å²) in [5.74, 6) is -1.68. The number of aromatic hydroxyl groups is 2. The van der Waals surface area contributed by atoms with Gasteiger partial charge in [0.05, 0.1) is 78.7 Å². The molecule has 0 amide bonds. The van der Waals surface area contributed by atoms with Crippen LogP contribution >= 0.6 is 59.1 Å². The smallest absolute Gasteiger partial charge is 0.297 e. The van der Waals surface area contributed by atoms with Crippen molar-refractivity contribution in [3.63, 3.8) is 0 Å². The molecular weight excluding hydrogens is 1190 g/mol. The van der Waals surface area contributed by atoms with Crippen LogP contribution in [0.25, 0.3) is 37.7 Å². The third-order valence-corrected chi connectivity index (χ3v) is 16.1. The van der Waals surface area contributed by atoms with Gasteiger partial charge in [0.15, 0.2) is 17.1 Å². The first-order valence-electron chi connectivity index (χ1n) is 21.9. The number of pyridine rings is 1. The Hall–Kier alpha value is -6.51. The molecule has 0 atom stereocenters. The van der Waals surface area contributed by atoms with Crippen LogP contribution < -0.4 is 9.64 Å². The lowest BCUT2D eigenvalue weighted by molar-refractivity contribution is -0.432. The molecule has 0 saturated carbocycles. The van der Waals surface area contributed by atoms with Crippen molar-refractivity contribution in [3.8, 4) is 23.4 Å². The molecule has 0 aliphatic carbocycles. The molecule has 414 valence electrons. The van der Waals surface area contributed by atoms with Gasteiger partial charge in [-0.2, -0.15) is 22.1 Å². The standard InChI is InChI=1S/C43H36ClN11O18S6/c1-21-24(20-45)41-46-26-7-3-4-8-31(26)55(41)42(57)37(21)51-48-27-10-9-22-23(40(27)79(64,65)66)15-36(77-73-70-60)38(39(22)56)52-49-28-18-33(67-2)29(17-32(28)54(11-5-13-74-71-68-58)12-6-14-78(61,62)63)50-53-43-47-30-19-34(76-72-69-59)25(44)16-35(30)75-43/h3-4,7-10,15-19,56-60H,5-6,11-14H2,1-2H3,(H,61,62,63)(H,64,65,66). The summed E-state index contributed by atoms with van der Waals surface area (Å²) in [6, 6.07) is 18.1. The molecule has 36 heteroatoms. The van der Waals surface area contributed by atoms with Gasteiger partial charge < -0.3 is 19.8 Å². The van der Waals surface area contributed by atoms with Gasteiger partial charge in [0.1, 0.15) is 45.0 Å². The van der Waals surface area contributed by atoms with E-state index in [1.54, 1.807) is 41.3 Å². The van der Waals surface area contributed by atoms with E-state index in [0.717, 1.165) is 35.5 Å². The van der Waals surface area contributed by atoms with Gasteiger partial charge in [-0.1, -0.05) is 50.2 Å². The molecule has 0 bridgehead atoms. The molecule has 0 spiro atoms. The summed E-state index contributed by atoms with van der Waals surface area (Å²) in [6.07, 6.45) is 0.150. The number of nitrogens with zero attached hydrogens (tertiary/aromatic N) is 11. The molecule has 0 unspecified atom stereocenters. The van der Waals surface area contributed by atoms with Gasteiger partial charge in [0.25, 0.3) is 20.2 Å². The second-order valence-corrected chi connectivity index (χ2v) is 22.5. The van der Waals surface area contributed by atoms with E-state index in [1.807, 2.05) is 6.07 Å². The summed E-state index contributed by atoms with van der Waals surface area (Å²) in [5.41, 5.74) is 0.584. The van der Waals surface area contributed by atoms with Crippen molar-refractivity contribution < 1.29 is 84.8 Å². The van der Waals surface area contributed by atoms with Crippen molar-refractivity contribution in [2.45, 2.75) is 34.5 Å². The Balaban J connectivity index is 1.25. The van der Waals surface area contributed by atoms with E-state index in [2.05, 4.69) is 64.4 Å². The number of rotatable bonds is 25. The highest BCUT2D eigenvalue weighted by molar-refractivity contribution is 7.95. The number of azo groups is 3. The van der Waals surface area contributed by atoms with Crippen LogP contribution in [0.4, 0.5) is 39.3 Å². The number of fused-ring (bicyclic) bond motifs is 5. The molecule has 79 heavy (non-hydrogen) atoms. The fourth-order valence-electron chi connectivity index (χ4n) is 7.83. The molecule has 29 nitrogen and oxygen atoms in total. The molecule has 7 N–H and O–H groups in total. The SMILES string of the molecule is COc1cc(N=Nc2c(SOOO)cc3c(S(=O)(=O)O)c(N=Nc4c(C)c(C#N)c5nc6ccccc6n5c4O)ccc3c2O)c(N(CCCSOOO)CCCS(=O)(=O)O)cc1N=Nc1nc2cc(SOOO)c(Cl)cc2s1. The van der Waals surface area contributed by atoms with Gasteiger partial charge >= 0.3 is 0 Å². The number of hydrogen-bond acceptors (Lipinski definition) is 30. The summed E-state index contributed by atoms with van der Waals surface area (Å²) < 4.78 is 92.0. The molecule has 8 rings (SSSR count). The Labute approximate surface area is 466 Å². The molecule has 0 aliphatic heterocycles. The predicted molar refractivity (Wildman–Crippen MR) is 286 cm³/mol. The number of nitriles is 1. The summed E-state index contributed by atoms with van der Waals surface area (Å²) >= 11 is 9.04. The van der Waals surface area contributed by atoms with E-state index in [1.165, 1.54) is 36.6 Å². The number of para-hydroxylation sites is 2. The van der Waals surface area contributed by atoms with Crippen LogP contribution in [0, 0.1) is 18.3 Å². The van der Waals surface area contributed by atoms with E-state index in [-0.39, 0.29) is 109 Å². The van der Waals surface area contributed by atoms with Gasteiger partial charge in [-0.05, 0) is 68.3 Å². The Morgan fingerprint density at radius 1 is 0.785 bits per heavy atom. The summed E-state index contributed by atoms with van der Waals surface area (Å²) in [7, 11) is -8.43. The van der Waals surface area contributed by atoms with E-state index in [0.29, 0.717) is 38.2 Å². The normalized spacial score (nSPS) is 12.4. The van der Waals surface area contributed by atoms with Gasteiger partial charge in [-0.15, -0.1) is 43.7 Å². The van der Waals surface area contributed by atoms with Crippen molar-refractivity contribution in [1.29, 1.82) is 5.26 Å². The highest BCUT2D eigenvalue weighted by atomic mass is 35.5. The number of phenolic OH excluding ortho intramolecular Hbond substituents is 1. The van der Waals surface area contributed by atoms with Crippen LogP contribution in [0.3, 0.4) is 0 Å². The third-order valence-electron chi connectivity index (χ3n) is 11.2. The van der Waals surface area contributed by atoms with Crippen molar-refractivity contribution in [3.05, 3.63) is 82.9 Å². The Morgan fingerprint density at radius 3 is 2.19 bits per heavy atom. The Bertz CT molecular complexity index is 4000. The Morgan fingerprint density at radius 2 is 1.48 bits per heavy atom. The van der Waals surface area contributed by atoms with Crippen LogP contribution in [-0.2, 0) is 48.4 Å². The number of ether oxygens (including phenoxy) is 1. The number of thiazole rings is 1. The van der Waals surface area contributed by atoms with Gasteiger partial charge in [0, 0.05) is 53.3 Å². The predicted octanol–water partition coefficient (Wildman–Crippen LogP) is 12.4. The molecule has 0 aliphatic rings. The van der Waals surface area contributed by atoms with Gasteiger partial charge in [-0.3, -0.25) is 13.5 Å². The second kappa shape index (κ2) is 25.7. The largest absolute Gasteiger partial charge is 0.505 e. The van der Waals surface area contributed by atoms with Crippen LogP contribution in [0.5, 0.6) is 17.4 Å². The van der Waals surface area contributed by atoms with Crippen molar-refractivity contribution >= 4 is 156 Å². The number of halogens is 1. The zero-order valence-corrected chi connectivity index (χ0v) is 45.6. The van der Waals surface area contributed by atoms with E-state index >= 15 is 0 Å². The number of aromatic nitrogens is 3. The average Bonchev–Trinajstić information content (AvgIpc) is 4.00. The number of benzene rings is 5. The molecule has 0 fully saturated rings. The number of anilines is 1. The first kappa shape index (κ1) is 58.6. The Kier molecular flexibility index (Phi) is 19.1. The van der Waals surface area contributed by atoms with Crippen LogP contribution in [0.2, 0.25) is 5.02 Å². The van der Waals surface area contributed by atoms with Gasteiger partial charge in [0.2, 0.25) is 11.0 Å². The molecule has 8 aromatic rings. The quantitative estimate of drug-likeness (QED) is 0.00698. The maximum Gasteiger partial charge on any atom is 0.297 e. The highest BCUT2D eigenvalue weighted by Crippen LogP contribution is 2.49. The second-order valence-electron chi connectivity index (χ2n) is 15.9. The number of imidazole rings is 1. The zero-order chi connectivity index (χ0) is 56.6. The fourth-order valence-corrected chi connectivity index (χ4v) is 11.5. The minimum atomic E-state index is -5.29. The summed E-state index contributed by atoms with van der Waals surface area (Å²) in [6.45, 7) is 1.52. The lowest BCUT2D eigenvalue weighted by Gasteiger charge is -2.26. The third kappa shape index (κ3) is 13.4. The molecule has 5 aromatic carbocycles. The molecule has 0 radical (unpaired) electrons. The maximum atomic E-state index is 13.3. The van der Waals surface area contributed by atoms with Crippen LogP contribution in [0.15, 0.2) is 112 Å². The van der Waals surface area contributed by atoms with Crippen molar-refractivity contribution in [1.82, 2.24) is 14.4 Å². The molecule has 0 saturated heterocycles.